The van der Waals surface area contributed by atoms with Crippen molar-refractivity contribution >= 4 is 11.6 Å². The van der Waals surface area contributed by atoms with Gasteiger partial charge in [0.05, 0.1) is 18.2 Å². The Hall–Kier alpha value is -1.94. The zero-order valence-electron chi connectivity index (χ0n) is 13.6. The molecule has 1 heterocycles. The number of nitriles is 1. The maximum absolute atomic E-state index is 12.0. The van der Waals surface area contributed by atoms with E-state index in [0.717, 1.165) is 51.6 Å². The molecule has 0 aliphatic carbocycles. The lowest BCUT2D eigenvalue weighted by atomic mass is 10.2. The number of amides is 1. The molecule has 0 spiro atoms. The Morgan fingerprint density at radius 2 is 1.78 bits per heavy atom. The normalized spacial score (nSPS) is 16.0. The van der Waals surface area contributed by atoms with E-state index in [4.69, 9.17) is 10.00 Å². The number of ether oxygens (including phenoxy) is 1. The average Bonchev–Trinajstić information content (AvgIpc) is 2.59. The summed E-state index contributed by atoms with van der Waals surface area (Å²) in [5.74, 6) is 0.0107. The summed E-state index contributed by atoms with van der Waals surface area (Å²) in [6.07, 6.45) is 0.484. The largest absolute Gasteiger partial charge is 0.383 e. The summed E-state index contributed by atoms with van der Waals surface area (Å²) in [6.45, 7) is 6.57. The standard InChI is InChI=1S/C17H24N4O2/c1-23-13-12-21-10-8-20(9-11-21)7-6-17(22)19-16-4-2-15(14-18)3-5-16/h2-5H,6-13H2,1H3,(H,19,22). The third kappa shape index (κ3) is 5.99. The van der Waals surface area contributed by atoms with E-state index in [0.29, 0.717) is 12.0 Å². The molecule has 0 saturated carbocycles. The lowest BCUT2D eigenvalue weighted by molar-refractivity contribution is -0.116. The highest BCUT2D eigenvalue weighted by Crippen LogP contribution is 2.09. The maximum Gasteiger partial charge on any atom is 0.225 e. The van der Waals surface area contributed by atoms with Crippen LogP contribution in [-0.2, 0) is 9.53 Å². The van der Waals surface area contributed by atoms with Crippen LogP contribution in [0, 0.1) is 11.3 Å². The van der Waals surface area contributed by atoms with Crippen LogP contribution in [0.5, 0.6) is 0 Å². The van der Waals surface area contributed by atoms with Gasteiger partial charge in [-0.2, -0.15) is 5.26 Å². The molecule has 0 unspecified atom stereocenters. The van der Waals surface area contributed by atoms with E-state index in [2.05, 4.69) is 21.2 Å². The van der Waals surface area contributed by atoms with Crippen molar-refractivity contribution in [2.75, 3.05) is 58.3 Å². The second-order valence-corrected chi connectivity index (χ2v) is 5.66. The highest BCUT2D eigenvalue weighted by molar-refractivity contribution is 5.90. The summed E-state index contributed by atoms with van der Waals surface area (Å²) < 4.78 is 5.10. The van der Waals surface area contributed by atoms with Gasteiger partial charge in [-0.25, -0.2) is 0 Å². The molecule has 6 heteroatoms. The van der Waals surface area contributed by atoms with Crippen molar-refractivity contribution < 1.29 is 9.53 Å². The van der Waals surface area contributed by atoms with Gasteiger partial charge in [-0.05, 0) is 24.3 Å². The molecule has 6 nitrogen and oxygen atoms in total. The van der Waals surface area contributed by atoms with Gasteiger partial charge in [-0.1, -0.05) is 0 Å². The molecular formula is C17H24N4O2. The van der Waals surface area contributed by atoms with E-state index in [1.54, 1.807) is 31.4 Å². The molecule has 1 fully saturated rings. The number of hydrogen-bond donors (Lipinski definition) is 1. The van der Waals surface area contributed by atoms with Crippen LogP contribution in [0.25, 0.3) is 0 Å². The summed E-state index contributed by atoms with van der Waals surface area (Å²) >= 11 is 0. The average molecular weight is 316 g/mol. The van der Waals surface area contributed by atoms with E-state index >= 15 is 0 Å². The van der Waals surface area contributed by atoms with E-state index in [1.165, 1.54) is 0 Å². The van der Waals surface area contributed by atoms with Crippen molar-refractivity contribution in [3.05, 3.63) is 29.8 Å². The number of anilines is 1. The molecule has 1 saturated heterocycles. The maximum atomic E-state index is 12.0. The summed E-state index contributed by atoms with van der Waals surface area (Å²) in [6, 6.07) is 8.98. The van der Waals surface area contributed by atoms with E-state index < -0.39 is 0 Å². The molecule has 0 atom stereocenters. The van der Waals surface area contributed by atoms with Gasteiger partial charge in [-0.3, -0.25) is 9.69 Å². The third-order valence-electron chi connectivity index (χ3n) is 4.03. The third-order valence-corrected chi connectivity index (χ3v) is 4.03. The lowest BCUT2D eigenvalue weighted by Crippen LogP contribution is -2.47. The van der Waals surface area contributed by atoms with Crippen LogP contribution >= 0.6 is 0 Å². The zero-order chi connectivity index (χ0) is 16.5. The molecule has 0 radical (unpaired) electrons. The molecule has 1 aliphatic heterocycles. The van der Waals surface area contributed by atoms with Crippen molar-refractivity contribution in [1.82, 2.24) is 9.80 Å². The SMILES string of the molecule is COCCN1CCN(CCC(=O)Nc2ccc(C#N)cc2)CC1. The minimum atomic E-state index is 0.0107. The lowest BCUT2D eigenvalue weighted by Gasteiger charge is -2.34. The Labute approximate surface area is 137 Å². The second kappa shape index (κ2) is 9.26. The van der Waals surface area contributed by atoms with E-state index in [-0.39, 0.29) is 5.91 Å². The summed E-state index contributed by atoms with van der Waals surface area (Å²) in [5.41, 5.74) is 1.33. The molecule has 124 valence electrons. The smallest absolute Gasteiger partial charge is 0.225 e. The molecule has 1 aliphatic rings. The first-order valence-electron chi connectivity index (χ1n) is 7.95. The number of nitrogens with one attached hydrogen (secondary N) is 1. The fourth-order valence-corrected chi connectivity index (χ4v) is 2.57. The zero-order valence-corrected chi connectivity index (χ0v) is 13.6. The number of carbonyl (C=O) groups is 1. The molecule has 1 amide bonds. The molecular weight excluding hydrogens is 292 g/mol. The number of piperazine rings is 1. The highest BCUT2D eigenvalue weighted by atomic mass is 16.5. The summed E-state index contributed by atoms with van der Waals surface area (Å²) in [5, 5.41) is 11.6. The summed E-state index contributed by atoms with van der Waals surface area (Å²) in [7, 11) is 1.72. The van der Waals surface area contributed by atoms with E-state index in [9.17, 15) is 4.79 Å². The Bertz CT molecular complexity index is 531. The van der Waals surface area contributed by atoms with Crippen LogP contribution in [0.3, 0.4) is 0 Å². The van der Waals surface area contributed by atoms with Crippen molar-refractivity contribution in [3.8, 4) is 6.07 Å². The Kier molecular flexibility index (Phi) is 7.01. The topological polar surface area (TPSA) is 68.6 Å². The predicted molar refractivity (Wildman–Crippen MR) is 89.2 cm³/mol. The number of carbonyl (C=O) groups excluding carboxylic acids is 1. The van der Waals surface area contributed by atoms with Crippen molar-refractivity contribution in [3.63, 3.8) is 0 Å². The van der Waals surface area contributed by atoms with E-state index in [1.807, 2.05) is 0 Å². The van der Waals surface area contributed by atoms with Gasteiger partial charge in [0.2, 0.25) is 5.91 Å². The van der Waals surface area contributed by atoms with Crippen LogP contribution in [0.2, 0.25) is 0 Å². The fourth-order valence-electron chi connectivity index (χ4n) is 2.57. The second-order valence-electron chi connectivity index (χ2n) is 5.66. The van der Waals surface area contributed by atoms with Gasteiger partial charge < -0.3 is 15.0 Å². The Balaban J connectivity index is 1.66. The highest BCUT2D eigenvalue weighted by Gasteiger charge is 2.17. The van der Waals surface area contributed by atoms with Gasteiger partial charge in [0, 0.05) is 58.5 Å². The first kappa shape index (κ1) is 17.4. The van der Waals surface area contributed by atoms with Gasteiger partial charge in [0.15, 0.2) is 0 Å². The first-order valence-corrected chi connectivity index (χ1v) is 7.95. The van der Waals surface area contributed by atoms with Gasteiger partial charge >= 0.3 is 0 Å². The van der Waals surface area contributed by atoms with Crippen LogP contribution in [-0.4, -0.2) is 68.7 Å². The number of hydrogen-bond acceptors (Lipinski definition) is 5. The Morgan fingerprint density at radius 3 is 2.35 bits per heavy atom. The summed E-state index contributed by atoms with van der Waals surface area (Å²) in [4.78, 5) is 16.7. The van der Waals surface area contributed by atoms with Gasteiger partial charge in [0.1, 0.15) is 0 Å². The van der Waals surface area contributed by atoms with Gasteiger partial charge in [-0.15, -0.1) is 0 Å². The molecule has 2 rings (SSSR count). The molecule has 23 heavy (non-hydrogen) atoms. The minimum Gasteiger partial charge on any atom is -0.383 e. The monoisotopic (exact) mass is 316 g/mol. The van der Waals surface area contributed by atoms with Crippen LogP contribution < -0.4 is 5.32 Å². The van der Waals surface area contributed by atoms with Gasteiger partial charge in [0.25, 0.3) is 0 Å². The molecule has 1 N–H and O–H groups in total. The van der Waals surface area contributed by atoms with Crippen LogP contribution in [0.4, 0.5) is 5.69 Å². The number of benzene rings is 1. The van der Waals surface area contributed by atoms with Crippen LogP contribution in [0.1, 0.15) is 12.0 Å². The predicted octanol–water partition coefficient (Wildman–Crippen LogP) is 1.15. The number of nitrogens with zero attached hydrogens (tertiary/aromatic N) is 3. The number of methoxy groups -OCH3 is 1. The molecule has 0 aromatic heterocycles. The quantitative estimate of drug-likeness (QED) is 0.817. The number of rotatable bonds is 7. The van der Waals surface area contributed by atoms with Crippen molar-refractivity contribution in [2.24, 2.45) is 0 Å². The van der Waals surface area contributed by atoms with Crippen molar-refractivity contribution in [2.45, 2.75) is 6.42 Å². The molecule has 1 aromatic rings. The molecule has 0 bridgehead atoms. The first-order chi connectivity index (χ1) is 11.2. The minimum absolute atomic E-state index is 0.0107. The van der Waals surface area contributed by atoms with Crippen molar-refractivity contribution in [1.29, 1.82) is 5.26 Å². The Morgan fingerprint density at radius 1 is 1.17 bits per heavy atom. The molecule has 1 aromatic carbocycles. The fraction of sp³-hybridized carbons (Fsp3) is 0.529. The van der Waals surface area contributed by atoms with Crippen LogP contribution in [0.15, 0.2) is 24.3 Å².